The lowest BCUT2D eigenvalue weighted by molar-refractivity contribution is 0.278. The summed E-state index contributed by atoms with van der Waals surface area (Å²) in [5.74, 6) is 0.784. The molecular formula is C17H21BO3. The Bertz CT molecular complexity index is 534. The van der Waals surface area contributed by atoms with Gasteiger partial charge >= 0.3 is 7.32 Å². The van der Waals surface area contributed by atoms with Crippen LogP contribution in [0.3, 0.4) is 0 Å². The minimum absolute atomic E-state index is 0.784. The molecule has 0 aliphatic heterocycles. The summed E-state index contributed by atoms with van der Waals surface area (Å²) in [6.07, 6.45) is 5.52. The van der Waals surface area contributed by atoms with E-state index in [-0.39, 0.29) is 0 Å². The predicted molar refractivity (Wildman–Crippen MR) is 85.5 cm³/mol. The lowest BCUT2D eigenvalue weighted by atomic mass is 9.89. The number of hydrogen-bond donors (Lipinski definition) is 3. The van der Waals surface area contributed by atoms with E-state index in [1.165, 1.54) is 36.8 Å². The molecule has 1 saturated carbocycles. The highest BCUT2D eigenvalue weighted by atomic mass is 16.5. The Morgan fingerprint density at radius 2 is 1.29 bits per heavy atom. The second-order valence-corrected chi connectivity index (χ2v) is 5.28. The summed E-state index contributed by atoms with van der Waals surface area (Å²) in [7, 11) is -2.17. The van der Waals surface area contributed by atoms with Crippen molar-refractivity contribution >= 4 is 7.32 Å². The molecule has 4 heteroatoms. The lowest BCUT2D eigenvalue weighted by Crippen LogP contribution is -2.07. The van der Waals surface area contributed by atoms with Crippen molar-refractivity contribution in [3.05, 3.63) is 60.2 Å². The summed E-state index contributed by atoms with van der Waals surface area (Å²) >= 11 is 0. The van der Waals surface area contributed by atoms with Crippen LogP contribution in [0.5, 0.6) is 0 Å². The lowest BCUT2D eigenvalue weighted by Gasteiger charge is -2.15. The molecule has 2 aromatic rings. The van der Waals surface area contributed by atoms with Gasteiger partial charge in [-0.25, -0.2) is 0 Å². The van der Waals surface area contributed by atoms with Gasteiger partial charge in [-0.15, -0.1) is 0 Å². The Hall–Kier alpha value is -1.62. The van der Waals surface area contributed by atoms with Crippen LogP contribution in [-0.4, -0.2) is 22.4 Å². The SMILES string of the molecule is OB(O)O.c1ccc(-c2ccccc2C2CCCC2)cc1. The van der Waals surface area contributed by atoms with Crippen LogP contribution < -0.4 is 0 Å². The van der Waals surface area contributed by atoms with Crippen molar-refractivity contribution in [3.8, 4) is 11.1 Å². The molecule has 0 radical (unpaired) electrons. The molecule has 3 N–H and O–H groups in total. The van der Waals surface area contributed by atoms with Crippen LogP contribution >= 0.6 is 0 Å². The molecule has 3 rings (SSSR count). The second kappa shape index (κ2) is 7.98. The molecule has 21 heavy (non-hydrogen) atoms. The van der Waals surface area contributed by atoms with Crippen molar-refractivity contribution in [2.75, 3.05) is 0 Å². The predicted octanol–water partition coefficient (Wildman–Crippen LogP) is 2.96. The van der Waals surface area contributed by atoms with Gasteiger partial charge in [0.1, 0.15) is 0 Å². The van der Waals surface area contributed by atoms with E-state index >= 15 is 0 Å². The summed E-state index contributed by atoms with van der Waals surface area (Å²) in [5.41, 5.74) is 4.34. The average Bonchev–Trinajstić information content (AvgIpc) is 3.02. The first-order chi connectivity index (χ1) is 10.2. The maximum atomic E-state index is 7.17. The van der Waals surface area contributed by atoms with Crippen LogP contribution in [0.1, 0.15) is 37.2 Å². The van der Waals surface area contributed by atoms with E-state index < -0.39 is 7.32 Å². The highest BCUT2D eigenvalue weighted by Gasteiger charge is 2.19. The van der Waals surface area contributed by atoms with Crippen molar-refractivity contribution in [3.63, 3.8) is 0 Å². The Morgan fingerprint density at radius 3 is 1.90 bits per heavy atom. The van der Waals surface area contributed by atoms with Gasteiger partial charge in [-0.3, -0.25) is 0 Å². The maximum absolute atomic E-state index is 7.17. The van der Waals surface area contributed by atoms with Gasteiger partial charge in [-0.1, -0.05) is 67.4 Å². The van der Waals surface area contributed by atoms with Crippen LogP contribution in [0, 0.1) is 0 Å². The minimum atomic E-state index is -2.17. The fourth-order valence-corrected chi connectivity index (χ4v) is 2.97. The molecule has 0 atom stereocenters. The van der Waals surface area contributed by atoms with Crippen molar-refractivity contribution in [1.29, 1.82) is 0 Å². The zero-order valence-electron chi connectivity index (χ0n) is 12.0. The van der Waals surface area contributed by atoms with E-state index in [0.29, 0.717) is 0 Å². The Morgan fingerprint density at radius 1 is 0.762 bits per heavy atom. The standard InChI is InChI=1S/C17H18.BH3O3/c1-2-8-14(9-3-1)16-12-6-7-13-17(16)15-10-4-5-11-15;2-1(3)4/h1-3,6-9,12-13,15H,4-5,10-11H2;2-4H. The first-order valence-electron chi connectivity index (χ1n) is 7.37. The van der Waals surface area contributed by atoms with Gasteiger partial charge in [0, 0.05) is 0 Å². The van der Waals surface area contributed by atoms with Gasteiger partial charge in [0.25, 0.3) is 0 Å². The molecule has 0 amide bonds. The van der Waals surface area contributed by atoms with Gasteiger partial charge in [0.05, 0.1) is 0 Å². The third-order valence-corrected chi connectivity index (χ3v) is 3.84. The van der Waals surface area contributed by atoms with Crippen LogP contribution in [-0.2, 0) is 0 Å². The normalized spacial score (nSPS) is 14.4. The van der Waals surface area contributed by atoms with Crippen molar-refractivity contribution in [1.82, 2.24) is 0 Å². The molecular weight excluding hydrogens is 263 g/mol. The summed E-state index contributed by atoms with van der Waals surface area (Å²) < 4.78 is 0. The van der Waals surface area contributed by atoms with Crippen molar-refractivity contribution in [2.45, 2.75) is 31.6 Å². The maximum Gasteiger partial charge on any atom is 0.631 e. The molecule has 2 aromatic carbocycles. The number of benzene rings is 2. The topological polar surface area (TPSA) is 60.7 Å². The molecule has 1 aliphatic rings. The van der Waals surface area contributed by atoms with E-state index in [0.717, 1.165) is 5.92 Å². The highest BCUT2D eigenvalue weighted by Crippen LogP contribution is 2.38. The molecule has 1 aliphatic carbocycles. The van der Waals surface area contributed by atoms with E-state index in [9.17, 15) is 0 Å². The first kappa shape index (κ1) is 15.8. The molecule has 110 valence electrons. The van der Waals surface area contributed by atoms with Crippen molar-refractivity contribution < 1.29 is 15.1 Å². The van der Waals surface area contributed by atoms with Crippen LogP contribution in [0.15, 0.2) is 54.6 Å². The van der Waals surface area contributed by atoms with E-state index in [1.807, 2.05) is 0 Å². The Kier molecular flexibility index (Phi) is 5.99. The van der Waals surface area contributed by atoms with Crippen LogP contribution in [0.2, 0.25) is 0 Å². The largest absolute Gasteiger partial charge is 0.631 e. The third-order valence-electron chi connectivity index (χ3n) is 3.84. The summed E-state index contributed by atoms with van der Waals surface area (Å²) in [6, 6.07) is 19.7. The summed E-state index contributed by atoms with van der Waals surface area (Å²) in [6.45, 7) is 0. The second-order valence-electron chi connectivity index (χ2n) is 5.28. The minimum Gasteiger partial charge on any atom is -0.402 e. The smallest absolute Gasteiger partial charge is 0.402 e. The fourth-order valence-electron chi connectivity index (χ4n) is 2.97. The van der Waals surface area contributed by atoms with E-state index in [4.69, 9.17) is 15.1 Å². The fraction of sp³-hybridized carbons (Fsp3) is 0.294. The molecule has 0 saturated heterocycles. The number of hydrogen-bond acceptors (Lipinski definition) is 3. The van der Waals surface area contributed by atoms with Crippen LogP contribution in [0.4, 0.5) is 0 Å². The molecule has 0 unspecified atom stereocenters. The Labute approximate surface area is 126 Å². The van der Waals surface area contributed by atoms with Gasteiger partial charge in [0.15, 0.2) is 0 Å². The van der Waals surface area contributed by atoms with Crippen molar-refractivity contribution in [2.24, 2.45) is 0 Å². The highest BCUT2D eigenvalue weighted by molar-refractivity contribution is 6.30. The molecule has 0 bridgehead atoms. The quantitative estimate of drug-likeness (QED) is 0.743. The summed E-state index contributed by atoms with van der Waals surface area (Å²) in [4.78, 5) is 0. The molecule has 0 spiro atoms. The van der Waals surface area contributed by atoms with Gasteiger partial charge in [-0.05, 0) is 35.4 Å². The molecule has 3 nitrogen and oxygen atoms in total. The molecule has 0 heterocycles. The number of rotatable bonds is 2. The third kappa shape index (κ3) is 4.71. The van der Waals surface area contributed by atoms with E-state index in [2.05, 4.69) is 54.6 Å². The van der Waals surface area contributed by atoms with Gasteiger partial charge in [-0.2, -0.15) is 0 Å². The average molecular weight is 284 g/mol. The Balaban J connectivity index is 0.000000361. The molecule has 0 aromatic heterocycles. The zero-order chi connectivity index (χ0) is 15.1. The summed E-state index contributed by atoms with van der Waals surface area (Å²) in [5, 5.41) is 21.5. The molecule has 1 fully saturated rings. The monoisotopic (exact) mass is 284 g/mol. The first-order valence-corrected chi connectivity index (χ1v) is 7.37. The van der Waals surface area contributed by atoms with Gasteiger partial charge < -0.3 is 15.1 Å². The van der Waals surface area contributed by atoms with E-state index in [1.54, 1.807) is 5.56 Å². The van der Waals surface area contributed by atoms with Gasteiger partial charge in [0.2, 0.25) is 0 Å². The zero-order valence-corrected chi connectivity index (χ0v) is 12.0. The van der Waals surface area contributed by atoms with Crippen LogP contribution in [0.25, 0.3) is 11.1 Å².